The number of carbonyl (C=O) groups excluding carboxylic acids is 1. The topological polar surface area (TPSA) is 83.3 Å². The van der Waals surface area contributed by atoms with Gasteiger partial charge in [-0.3, -0.25) is 10.00 Å². The molecule has 0 radical (unpaired) electrons. The van der Waals surface area contributed by atoms with Crippen molar-refractivity contribution in [3.8, 4) is 0 Å². The Morgan fingerprint density at radius 2 is 2.04 bits per heavy atom. The van der Waals surface area contributed by atoms with Crippen LogP contribution < -0.4 is 5.32 Å². The van der Waals surface area contributed by atoms with Crippen molar-refractivity contribution in [2.75, 3.05) is 18.4 Å². The number of likely N-dealkylation sites (tertiary alicyclic amines) is 1. The second kappa shape index (κ2) is 8.11. The van der Waals surface area contributed by atoms with Crippen molar-refractivity contribution in [1.29, 1.82) is 0 Å². The molecule has 0 bridgehead atoms. The summed E-state index contributed by atoms with van der Waals surface area (Å²) in [6.45, 7) is 3.97. The lowest BCUT2D eigenvalue weighted by atomic mass is 9.88. The van der Waals surface area contributed by atoms with E-state index in [9.17, 15) is 9.90 Å². The van der Waals surface area contributed by atoms with Crippen LogP contribution in [0.25, 0.3) is 0 Å². The van der Waals surface area contributed by atoms with Gasteiger partial charge < -0.3 is 10.0 Å². The number of nitrogens with one attached hydrogen (secondary N) is 1. The van der Waals surface area contributed by atoms with Crippen molar-refractivity contribution in [2.45, 2.75) is 38.8 Å². The Bertz CT molecular complexity index is 680. The first kappa shape index (κ1) is 17.4. The van der Waals surface area contributed by atoms with E-state index in [4.69, 9.17) is 0 Å². The number of anilines is 1. The quantitative estimate of drug-likeness (QED) is 0.871. The number of aromatic nitrogens is 3. The minimum absolute atomic E-state index is 0.154. The molecule has 0 saturated carbocycles. The number of hydrogen-bond donors (Lipinski definition) is 2. The maximum absolute atomic E-state index is 12.3. The second-order valence-corrected chi connectivity index (χ2v) is 6.47. The molecule has 1 fully saturated rings. The van der Waals surface area contributed by atoms with Gasteiger partial charge in [-0.15, -0.1) is 5.10 Å². The lowest BCUT2D eigenvalue weighted by molar-refractivity contribution is 0.0689. The van der Waals surface area contributed by atoms with Gasteiger partial charge in [0.1, 0.15) is 0 Å². The Kier molecular flexibility index (Phi) is 5.65. The van der Waals surface area contributed by atoms with Crippen molar-refractivity contribution in [1.82, 2.24) is 19.9 Å². The molecular formula is C18H25N5O2. The molecule has 1 aromatic heterocycles. The summed E-state index contributed by atoms with van der Waals surface area (Å²) in [4.78, 5) is 14.1. The normalized spacial score (nSPS) is 16.6. The highest BCUT2D eigenvalue weighted by atomic mass is 16.3. The molecule has 134 valence electrons. The predicted molar refractivity (Wildman–Crippen MR) is 95.2 cm³/mol. The smallest absolute Gasteiger partial charge is 0.323 e. The summed E-state index contributed by atoms with van der Waals surface area (Å²) < 4.78 is 1.67. The van der Waals surface area contributed by atoms with E-state index in [-0.39, 0.29) is 18.1 Å². The van der Waals surface area contributed by atoms with Gasteiger partial charge in [0.25, 0.3) is 0 Å². The van der Waals surface area contributed by atoms with Gasteiger partial charge in [0, 0.05) is 19.6 Å². The fourth-order valence-corrected chi connectivity index (χ4v) is 3.21. The van der Waals surface area contributed by atoms with Crippen LogP contribution in [0.2, 0.25) is 0 Å². The monoisotopic (exact) mass is 343 g/mol. The summed E-state index contributed by atoms with van der Waals surface area (Å²) >= 11 is 0. The Labute approximate surface area is 147 Å². The van der Waals surface area contributed by atoms with Crippen LogP contribution in [-0.2, 0) is 13.0 Å². The molecule has 3 rings (SSSR count). The third-order valence-corrected chi connectivity index (χ3v) is 4.76. The number of amides is 2. The van der Waals surface area contributed by atoms with Crippen molar-refractivity contribution in [3.63, 3.8) is 0 Å². The summed E-state index contributed by atoms with van der Waals surface area (Å²) in [5.74, 6) is 0.698. The van der Waals surface area contributed by atoms with Crippen molar-refractivity contribution >= 4 is 11.8 Å². The fourth-order valence-electron chi connectivity index (χ4n) is 3.21. The zero-order valence-corrected chi connectivity index (χ0v) is 14.5. The van der Waals surface area contributed by atoms with Crippen molar-refractivity contribution in [3.05, 3.63) is 42.1 Å². The van der Waals surface area contributed by atoms with Gasteiger partial charge in [-0.05, 0) is 37.7 Å². The number of aliphatic hydroxyl groups excluding tert-OH is 1. The summed E-state index contributed by atoms with van der Waals surface area (Å²) in [5.41, 5.74) is 1.15. The summed E-state index contributed by atoms with van der Waals surface area (Å²) in [7, 11) is 0. The molecule has 1 aliphatic rings. The van der Waals surface area contributed by atoms with Gasteiger partial charge in [-0.1, -0.05) is 35.5 Å². The minimum Gasteiger partial charge on any atom is -0.392 e. The van der Waals surface area contributed by atoms with Gasteiger partial charge in [-0.25, -0.2) is 4.79 Å². The molecule has 1 aromatic carbocycles. The van der Waals surface area contributed by atoms with Crippen LogP contribution in [-0.4, -0.2) is 50.2 Å². The second-order valence-electron chi connectivity index (χ2n) is 6.47. The summed E-state index contributed by atoms with van der Waals surface area (Å²) in [5, 5.41) is 21.1. The number of nitrogens with zero attached hydrogens (tertiary/aromatic N) is 4. The molecule has 7 heteroatoms. The molecule has 1 unspecified atom stereocenters. The molecule has 2 heterocycles. The van der Waals surface area contributed by atoms with E-state index in [1.807, 2.05) is 37.3 Å². The molecule has 25 heavy (non-hydrogen) atoms. The Balaban J connectivity index is 1.46. The molecule has 1 aliphatic heterocycles. The SMILES string of the molecule is CCn1cc(NC(=O)N2CCC(C(O)Cc3ccccc3)CC2)nn1. The zero-order valence-electron chi connectivity index (χ0n) is 14.5. The van der Waals surface area contributed by atoms with E-state index in [1.54, 1.807) is 15.8 Å². The number of hydrogen-bond acceptors (Lipinski definition) is 4. The lowest BCUT2D eigenvalue weighted by Gasteiger charge is -2.34. The van der Waals surface area contributed by atoms with Gasteiger partial charge in [0.15, 0.2) is 5.82 Å². The highest BCUT2D eigenvalue weighted by Crippen LogP contribution is 2.23. The largest absolute Gasteiger partial charge is 0.392 e. The number of benzene rings is 1. The minimum atomic E-state index is -0.364. The van der Waals surface area contributed by atoms with Gasteiger partial charge in [0.05, 0.1) is 12.3 Å². The Hall–Kier alpha value is -2.41. The maximum Gasteiger partial charge on any atom is 0.323 e. The van der Waals surface area contributed by atoms with Crippen LogP contribution in [0.15, 0.2) is 36.5 Å². The number of piperidine rings is 1. The van der Waals surface area contributed by atoms with E-state index in [1.165, 1.54) is 0 Å². The fraction of sp³-hybridized carbons (Fsp3) is 0.500. The molecule has 2 amide bonds. The van der Waals surface area contributed by atoms with E-state index >= 15 is 0 Å². The van der Waals surface area contributed by atoms with Gasteiger partial charge >= 0.3 is 6.03 Å². The van der Waals surface area contributed by atoms with Gasteiger partial charge in [-0.2, -0.15) is 0 Å². The first-order chi connectivity index (χ1) is 12.2. The van der Waals surface area contributed by atoms with Gasteiger partial charge in [0.2, 0.25) is 0 Å². The highest BCUT2D eigenvalue weighted by Gasteiger charge is 2.27. The molecular weight excluding hydrogens is 318 g/mol. The average molecular weight is 343 g/mol. The standard InChI is InChI=1S/C18H25N5O2/c1-2-23-13-17(20-21-23)19-18(25)22-10-8-15(9-11-22)16(24)12-14-6-4-3-5-7-14/h3-7,13,15-16,24H,2,8-12H2,1H3,(H,19,25). The third-order valence-electron chi connectivity index (χ3n) is 4.76. The van der Waals surface area contributed by atoms with Crippen molar-refractivity contribution < 1.29 is 9.90 Å². The molecule has 2 N–H and O–H groups in total. The predicted octanol–water partition coefficient (Wildman–Crippen LogP) is 2.15. The maximum atomic E-state index is 12.3. The van der Waals surface area contributed by atoms with Crippen molar-refractivity contribution in [2.24, 2.45) is 5.92 Å². The van der Waals surface area contributed by atoms with E-state index in [0.717, 1.165) is 18.4 Å². The van der Waals surface area contributed by atoms with Crippen LogP contribution in [0.5, 0.6) is 0 Å². The molecule has 1 atom stereocenters. The number of aliphatic hydroxyl groups is 1. The first-order valence-electron chi connectivity index (χ1n) is 8.83. The summed E-state index contributed by atoms with van der Waals surface area (Å²) in [6.07, 6.45) is 3.63. The van der Waals surface area contributed by atoms with Crippen LogP contribution in [0.1, 0.15) is 25.3 Å². The van der Waals surface area contributed by atoms with E-state index < -0.39 is 0 Å². The van der Waals surface area contributed by atoms with Crippen LogP contribution in [0, 0.1) is 5.92 Å². The number of rotatable bonds is 5. The number of aryl methyl sites for hydroxylation is 1. The lowest BCUT2D eigenvalue weighted by Crippen LogP contribution is -2.43. The summed E-state index contributed by atoms with van der Waals surface area (Å²) in [6, 6.07) is 9.88. The molecule has 7 nitrogen and oxygen atoms in total. The first-order valence-corrected chi connectivity index (χ1v) is 8.83. The molecule has 0 spiro atoms. The highest BCUT2D eigenvalue weighted by molar-refractivity contribution is 5.88. The van der Waals surface area contributed by atoms with E-state index in [2.05, 4.69) is 15.6 Å². The Morgan fingerprint density at radius 1 is 1.32 bits per heavy atom. The number of urea groups is 1. The molecule has 2 aromatic rings. The van der Waals surface area contributed by atoms with Crippen LogP contribution in [0.3, 0.4) is 0 Å². The van der Waals surface area contributed by atoms with Crippen LogP contribution >= 0.6 is 0 Å². The Morgan fingerprint density at radius 3 is 2.68 bits per heavy atom. The van der Waals surface area contributed by atoms with E-state index in [0.29, 0.717) is 31.9 Å². The number of carbonyl (C=O) groups is 1. The zero-order chi connectivity index (χ0) is 17.6. The van der Waals surface area contributed by atoms with Crippen LogP contribution in [0.4, 0.5) is 10.6 Å². The molecule has 0 aliphatic carbocycles. The third kappa shape index (κ3) is 4.57. The molecule has 1 saturated heterocycles. The average Bonchev–Trinajstić information content (AvgIpc) is 3.10.